The van der Waals surface area contributed by atoms with Crippen molar-refractivity contribution >= 4 is 17.4 Å². The van der Waals surface area contributed by atoms with Crippen LogP contribution < -0.4 is 10.2 Å². The second-order valence-corrected chi connectivity index (χ2v) is 12.6. The van der Waals surface area contributed by atoms with E-state index in [0.29, 0.717) is 18.5 Å². The molecule has 4 saturated carbocycles. The van der Waals surface area contributed by atoms with Crippen molar-refractivity contribution in [2.24, 2.45) is 23.2 Å². The second kappa shape index (κ2) is 9.57. The molecule has 1 N–H and O–H groups in total. The molecule has 6 aliphatic rings. The minimum Gasteiger partial charge on any atom is -0.369 e. The number of piperazine rings is 1. The van der Waals surface area contributed by atoms with Crippen LogP contribution in [0.15, 0.2) is 36.7 Å². The SMILES string of the molecule is O=C(CN1CCN(c2ccccc2)CC1)N1CCc2c(ncnc2NCC23CC4CC(CC(C4)C2)C3)C1. The molecule has 5 fully saturated rings. The van der Waals surface area contributed by atoms with E-state index in [1.165, 1.54) is 49.8 Å². The first-order chi connectivity index (χ1) is 18.1. The summed E-state index contributed by atoms with van der Waals surface area (Å²) in [7, 11) is 0. The number of benzene rings is 1. The van der Waals surface area contributed by atoms with Gasteiger partial charge in [-0.05, 0) is 80.2 Å². The quantitative estimate of drug-likeness (QED) is 0.651. The fraction of sp³-hybridized carbons (Fsp3) is 0.633. The molecule has 7 heteroatoms. The van der Waals surface area contributed by atoms with E-state index < -0.39 is 0 Å². The lowest BCUT2D eigenvalue weighted by Crippen LogP contribution is -2.50. The Morgan fingerprint density at radius 2 is 1.62 bits per heavy atom. The molecule has 1 saturated heterocycles. The normalized spacial score (nSPS) is 30.9. The van der Waals surface area contributed by atoms with Gasteiger partial charge in [-0.25, -0.2) is 9.97 Å². The molecule has 7 nitrogen and oxygen atoms in total. The number of nitrogens with one attached hydrogen (secondary N) is 1. The van der Waals surface area contributed by atoms with Crippen molar-refractivity contribution in [3.05, 3.63) is 47.9 Å². The fourth-order valence-electron chi connectivity index (χ4n) is 8.59. The van der Waals surface area contributed by atoms with Crippen LogP contribution in [0, 0.1) is 23.2 Å². The van der Waals surface area contributed by atoms with E-state index in [4.69, 9.17) is 0 Å². The Balaban J connectivity index is 0.943. The van der Waals surface area contributed by atoms with E-state index in [0.717, 1.165) is 75.0 Å². The third-order valence-electron chi connectivity index (χ3n) is 10.0. The zero-order chi connectivity index (χ0) is 24.8. The Bertz CT molecular complexity index is 1090. The van der Waals surface area contributed by atoms with Crippen LogP contribution in [0.3, 0.4) is 0 Å². The van der Waals surface area contributed by atoms with Crippen molar-refractivity contribution in [3.63, 3.8) is 0 Å². The van der Waals surface area contributed by atoms with Crippen molar-refractivity contribution in [1.82, 2.24) is 19.8 Å². The van der Waals surface area contributed by atoms with Crippen LogP contribution in [0.2, 0.25) is 0 Å². The average Bonchev–Trinajstić information content (AvgIpc) is 2.92. The zero-order valence-corrected chi connectivity index (χ0v) is 21.9. The first kappa shape index (κ1) is 23.4. The average molecular weight is 501 g/mol. The van der Waals surface area contributed by atoms with Gasteiger partial charge in [0.15, 0.2) is 0 Å². The first-order valence-corrected chi connectivity index (χ1v) is 14.5. The van der Waals surface area contributed by atoms with Gasteiger partial charge in [0.1, 0.15) is 12.1 Å². The molecule has 0 spiro atoms. The van der Waals surface area contributed by atoms with E-state index in [-0.39, 0.29) is 5.91 Å². The van der Waals surface area contributed by atoms with Crippen molar-refractivity contribution in [1.29, 1.82) is 0 Å². The Hall–Kier alpha value is -2.67. The maximum atomic E-state index is 13.2. The topological polar surface area (TPSA) is 64.6 Å². The number of rotatable bonds is 6. The van der Waals surface area contributed by atoms with E-state index in [2.05, 4.69) is 55.4 Å². The predicted molar refractivity (Wildman–Crippen MR) is 145 cm³/mol. The monoisotopic (exact) mass is 500 g/mol. The smallest absolute Gasteiger partial charge is 0.237 e. The lowest BCUT2D eigenvalue weighted by Gasteiger charge is -2.57. The minimum atomic E-state index is 0.223. The Morgan fingerprint density at radius 3 is 2.32 bits per heavy atom. The van der Waals surface area contributed by atoms with Crippen LogP contribution in [-0.4, -0.2) is 71.5 Å². The molecular weight excluding hydrogens is 460 g/mol. The molecule has 0 radical (unpaired) electrons. The van der Waals surface area contributed by atoms with Crippen LogP contribution in [-0.2, 0) is 17.8 Å². The van der Waals surface area contributed by atoms with Crippen molar-refractivity contribution < 1.29 is 4.79 Å². The number of hydrogen-bond acceptors (Lipinski definition) is 6. The summed E-state index contributed by atoms with van der Waals surface area (Å²) >= 11 is 0. The lowest BCUT2D eigenvalue weighted by atomic mass is 9.49. The minimum absolute atomic E-state index is 0.223. The van der Waals surface area contributed by atoms with Crippen molar-refractivity contribution in [3.8, 4) is 0 Å². The van der Waals surface area contributed by atoms with E-state index in [1.54, 1.807) is 6.33 Å². The van der Waals surface area contributed by atoms with Gasteiger partial charge in [-0.2, -0.15) is 0 Å². The maximum absolute atomic E-state index is 13.2. The van der Waals surface area contributed by atoms with Crippen LogP contribution >= 0.6 is 0 Å². The van der Waals surface area contributed by atoms with E-state index in [9.17, 15) is 4.79 Å². The van der Waals surface area contributed by atoms with Crippen molar-refractivity contribution in [2.75, 3.05) is 56.0 Å². The molecular formula is C30H40N6O. The first-order valence-electron chi connectivity index (χ1n) is 14.5. The number of amides is 1. The van der Waals surface area contributed by atoms with E-state index in [1.807, 2.05) is 4.90 Å². The summed E-state index contributed by atoms with van der Waals surface area (Å²) in [6.07, 6.45) is 11.2. The van der Waals surface area contributed by atoms with Gasteiger partial charge in [0.05, 0.1) is 18.8 Å². The summed E-state index contributed by atoms with van der Waals surface area (Å²) in [5, 5.41) is 3.79. The van der Waals surface area contributed by atoms with Crippen LogP contribution in [0.25, 0.3) is 0 Å². The summed E-state index contributed by atoms with van der Waals surface area (Å²) in [4.78, 5) is 29.2. The molecule has 3 heterocycles. The summed E-state index contributed by atoms with van der Waals surface area (Å²) in [6, 6.07) is 10.6. The van der Waals surface area contributed by atoms with Gasteiger partial charge < -0.3 is 15.1 Å². The standard InChI is InChI=1S/C30H40N6O/c37-28(19-34-8-10-35(11-9-34)25-4-2-1-3-5-25)36-7-6-26-27(18-36)32-21-33-29(26)31-20-30-15-22-12-23(16-30)14-24(13-22)17-30/h1-5,21-24H,6-20H2,(H,31,32,33). The predicted octanol–water partition coefficient (Wildman–Crippen LogP) is 3.81. The van der Waals surface area contributed by atoms with Crippen molar-refractivity contribution in [2.45, 2.75) is 51.5 Å². The molecule has 1 aromatic carbocycles. The zero-order valence-electron chi connectivity index (χ0n) is 21.9. The maximum Gasteiger partial charge on any atom is 0.237 e. The molecule has 0 unspecified atom stereocenters. The van der Waals surface area contributed by atoms with Crippen LogP contribution in [0.5, 0.6) is 0 Å². The highest BCUT2D eigenvalue weighted by atomic mass is 16.2. The lowest BCUT2D eigenvalue weighted by molar-refractivity contribution is -0.133. The number of nitrogens with zero attached hydrogens (tertiary/aromatic N) is 5. The fourth-order valence-corrected chi connectivity index (χ4v) is 8.59. The third-order valence-corrected chi connectivity index (χ3v) is 10.0. The molecule has 196 valence electrons. The van der Waals surface area contributed by atoms with Gasteiger partial charge >= 0.3 is 0 Å². The van der Waals surface area contributed by atoms with Crippen LogP contribution in [0.4, 0.5) is 11.5 Å². The largest absolute Gasteiger partial charge is 0.369 e. The third kappa shape index (κ3) is 4.71. The number of fused-ring (bicyclic) bond motifs is 1. The van der Waals surface area contributed by atoms with Gasteiger partial charge in [0.25, 0.3) is 0 Å². The van der Waals surface area contributed by atoms with Gasteiger partial charge in [-0.3, -0.25) is 9.69 Å². The molecule has 4 bridgehead atoms. The number of carbonyl (C=O) groups is 1. The van der Waals surface area contributed by atoms with Gasteiger partial charge in [0.2, 0.25) is 5.91 Å². The second-order valence-electron chi connectivity index (χ2n) is 12.6. The Morgan fingerprint density at radius 1 is 0.919 bits per heavy atom. The highest BCUT2D eigenvalue weighted by Crippen LogP contribution is 2.59. The molecule has 8 rings (SSSR count). The number of para-hydroxylation sites is 1. The molecule has 1 amide bonds. The van der Waals surface area contributed by atoms with Gasteiger partial charge in [0, 0.05) is 50.5 Å². The van der Waals surface area contributed by atoms with Crippen LogP contribution in [0.1, 0.15) is 49.8 Å². The molecule has 2 aromatic rings. The molecule has 0 atom stereocenters. The van der Waals surface area contributed by atoms with Gasteiger partial charge in [-0.1, -0.05) is 18.2 Å². The summed E-state index contributed by atoms with van der Waals surface area (Å²) in [6.45, 7) is 6.69. The molecule has 1 aromatic heterocycles. The number of anilines is 2. The molecule has 4 aliphatic carbocycles. The number of carbonyl (C=O) groups excluding carboxylic acids is 1. The number of aromatic nitrogens is 2. The van der Waals surface area contributed by atoms with E-state index >= 15 is 0 Å². The Kier molecular flexibility index (Phi) is 6.07. The number of hydrogen-bond donors (Lipinski definition) is 1. The summed E-state index contributed by atoms with van der Waals surface area (Å²) < 4.78 is 0. The summed E-state index contributed by atoms with van der Waals surface area (Å²) in [5.74, 6) is 4.14. The Labute approximate surface area is 220 Å². The molecule has 2 aliphatic heterocycles. The highest BCUT2D eigenvalue weighted by molar-refractivity contribution is 5.78. The molecule has 37 heavy (non-hydrogen) atoms. The summed E-state index contributed by atoms with van der Waals surface area (Å²) in [5.41, 5.74) is 4.01. The van der Waals surface area contributed by atoms with Gasteiger partial charge in [-0.15, -0.1) is 0 Å². The highest BCUT2D eigenvalue weighted by Gasteiger charge is 2.50.